The second kappa shape index (κ2) is 12.8. The summed E-state index contributed by atoms with van der Waals surface area (Å²) in [4.78, 5) is 40.1. The highest BCUT2D eigenvalue weighted by atomic mass is 32.2. The summed E-state index contributed by atoms with van der Waals surface area (Å²) in [6.45, 7) is 1.76. The minimum atomic E-state index is -0.480. The molecule has 0 radical (unpaired) electrons. The van der Waals surface area contributed by atoms with Crippen molar-refractivity contribution in [1.82, 2.24) is 5.32 Å². The van der Waals surface area contributed by atoms with Gasteiger partial charge in [0.2, 0.25) is 5.91 Å². The van der Waals surface area contributed by atoms with Gasteiger partial charge in [0, 0.05) is 26.7 Å². The molecule has 192 valence electrons. The highest BCUT2D eigenvalue weighted by molar-refractivity contribution is 8.00. The Balaban J connectivity index is 1.44. The van der Waals surface area contributed by atoms with Crippen molar-refractivity contribution in [3.05, 3.63) is 118 Å². The zero-order chi connectivity index (χ0) is 26.9. The van der Waals surface area contributed by atoms with Gasteiger partial charge in [-0.1, -0.05) is 30.3 Å². The lowest BCUT2D eigenvalue weighted by Crippen LogP contribution is -2.30. The van der Waals surface area contributed by atoms with Crippen LogP contribution in [0.3, 0.4) is 0 Å². The summed E-state index contributed by atoms with van der Waals surface area (Å²) >= 11 is 2.76. The highest BCUT2D eigenvalue weighted by Gasteiger charge is 2.17. The van der Waals surface area contributed by atoms with E-state index >= 15 is 0 Å². The van der Waals surface area contributed by atoms with Crippen molar-refractivity contribution in [2.45, 2.75) is 17.1 Å². The summed E-state index contributed by atoms with van der Waals surface area (Å²) in [5.74, 6) is -1.49. The van der Waals surface area contributed by atoms with Crippen LogP contribution in [0.4, 0.5) is 15.8 Å². The first-order valence-corrected chi connectivity index (χ1v) is 13.4. The van der Waals surface area contributed by atoms with Gasteiger partial charge in [0.15, 0.2) is 0 Å². The molecule has 0 aliphatic rings. The van der Waals surface area contributed by atoms with Gasteiger partial charge in [0.25, 0.3) is 11.8 Å². The van der Waals surface area contributed by atoms with Crippen molar-refractivity contribution >= 4 is 58.3 Å². The summed E-state index contributed by atoms with van der Waals surface area (Å²) < 4.78 is 13.1. The Labute approximate surface area is 228 Å². The number of carbonyl (C=O) groups excluding carboxylic acids is 3. The van der Waals surface area contributed by atoms with Crippen LogP contribution in [-0.2, 0) is 9.59 Å². The van der Waals surface area contributed by atoms with Crippen molar-refractivity contribution in [3.8, 4) is 0 Å². The predicted octanol–water partition coefficient (Wildman–Crippen LogP) is 6.42. The van der Waals surface area contributed by atoms with Crippen molar-refractivity contribution in [3.63, 3.8) is 0 Å². The molecule has 0 aliphatic carbocycles. The van der Waals surface area contributed by atoms with Crippen molar-refractivity contribution in [1.29, 1.82) is 0 Å². The van der Waals surface area contributed by atoms with Crippen molar-refractivity contribution in [2.24, 2.45) is 0 Å². The van der Waals surface area contributed by atoms with Gasteiger partial charge >= 0.3 is 0 Å². The average molecular weight is 546 g/mol. The molecule has 0 saturated carbocycles. The van der Waals surface area contributed by atoms with Gasteiger partial charge in [-0.25, -0.2) is 4.39 Å². The van der Waals surface area contributed by atoms with E-state index < -0.39 is 17.1 Å². The Kier molecular flexibility index (Phi) is 9.07. The van der Waals surface area contributed by atoms with Gasteiger partial charge in [0.1, 0.15) is 11.5 Å². The van der Waals surface area contributed by atoms with Crippen LogP contribution in [0, 0.1) is 5.82 Å². The number of rotatable bonds is 9. The van der Waals surface area contributed by atoms with Crippen LogP contribution >= 0.6 is 23.1 Å². The van der Waals surface area contributed by atoms with Crippen LogP contribution in [0.25, 0.3) is 6.08 Å². The van der Waals surface area contributed by atoms with E-state index in [-0.39, 0.29) is 17.4 Å². The van der Waals surface area contributed by atoms with Crippen LogP contribution < -0.4 is 16.0 Å². The largest absolute Gasteiger partial charge is 0.325 e. The lowest BCUT2D eigenvalue weighted by atomic mass is 10.2. The molecule has 1 atom stereocenters. The van der Waals surface area contributed by atoms with Crippen molar-refractivity contribution in [2.75, 3.05) is 10.6 Å². The zero-order valence-electron chi connectivity index (χ0n) is 20.3. The number of amides is 3. The summed E-state index contributed by atoms with van der Waals surface area (Å²) in [6.07, 6.45) is 1.63. The Morgan fingerprint density at radius 1 is 0.868 bits per heavy atom. The zero-order valence-corrected chi connectivity index (χ0v) is 21.9. The van der Waals surface area contributed by atoms with E-state index in [1.54, 1.807) is 55.5 Å². The topological polar surface area (TPSA) is 87.3 Å². The normalized spacial score (nSPS) is 11.9. The molecule has 0 spiro atoms. The first-order chi connectivity index (χ1) is 18.4. The second-order valence-corrected chi connectivity index (χ2v) is 10.5. The molecule has 3 aromatic carbocycles. The lowest BCUT2D eigenvalue weighted by Gasteiger charge is -2.14. The molecule has 0 fully saturated rings. The van der Waals surface area contributed by atoms with E-state index in [4.69, 9.17) is 0 Å². The maximum atomic E-state index is 13.2. The number of hydrogen-bond acceptors (Lipinski definition) is 5. The first-order valence-electron chi connectivity index (χ1n) is 11.6. The second-order valence-electron chi connectivity index (χ2n) is 8.13. The lowest BCUT2D eigenvalue weighted by molar-refractivity contribution is -0.115. The molecule has 0 bridgehead atoms. The third-order valence-corrected chi connectivity index (χ3v) is 7.16. The molecule has 3 N–H and O–H groups in total. The number of nitrogens with one attached hydrogen (secondary N) is 3. The number of carbonyl (C=O) groups is 3. The van der Waals surface area contributed by atoms with E-state index in [0.29, 0.717) is 16.9 Å². The van der Waals surface area contributed by atoms with Gasteiger partial charge < -0.3 is 16.0 Å². The van der Waals surface area contributed by atoms with E-state index in [0.717, 1.165) is 9.77 Å². The summed E-state index contributed by atoms with van der Waals surface area (Å²) in [5, 5.41) is 9.74. The van der Waals surface area contributed by atoms with Gasteiger partial charge in [-0.05, 0) is 79.0 Å². The molecule has 4 rings (SSSR count). The molecular formula is C29H24FN3O3S2. The molecule has 0 saturated heterocycles. The maximum Gasteiger partial charge on any atom is 0.272 e. The van der Waals surface area contributed by atoms with Gasteiger partial charge in [0.05, 0.1) is 5.25 Å². The highest BCUT2D eigenvalue weighted by Crippen LogP contribution is 2.27. The molecule has 4 aromatic rings. The first kappa shape index (κ1) is 26.8. The fourth-order valence-electron chi connectivity index (χ4n) is 3.34. The third-order valence-electron chi connectivity index (χ3n) is 5.24. The predicted molar refractivity (Wildman–Crippen MR) is 152 cm³/mol. The molecule has 6 nitrogen and oxygen atoms in total. The van der Waals surface area contributed by atoms with Crippen LogP contribution in [0.15, 0.2) is 107 Å². The smallest absolute Gasteiger partial charge is 0.272 e. The van der Waals surface area contributed by atoms with Gasteiger partial charge in [-0.3, -0.25) is 14.4 Å². The number of thioether (sulfide) groups is 1. The maximum absolute atomic E-state index is 13.2. The fraction of sp³-hybridized carbons (Fsp3) is 0.0690. The van der Waals surface area contributed by atoms with Crippen LogP contribution in [0.5, 0.6) is 0 Å². The molecular weight excluding hydrogens is 521 g/mol. The standard InChI is InChI=1S/C29H24FN3O3S2/c1-19(27(34)31-22-14-12-21(30)13-15-22)38-25-10-5-9-23(17-25)32-29(36)26(18-24-11-6-16-37-24)33-28(35)20-7-3-2-4-8-20/h2-19H,1H3,(H,31,34)(H,32,36)(H,33,35)/b26-18-. The number of anilines is 2. The Bertz CT molecular complexity index is 1440. The van der Waals surface area contributed by atoms with Gasteiger partial charge in [-0.15, -0.1) is 23.1 Å². The Morgan fingerprint density at radius 2 is 1.63 bits per heavy atom. The molecule has 1 unspecified atom stereocenters. The molecule has 9 heteroatoms. The Hall–Kier alpha value is -4.21. The number of halogens is 1. The summed E-state index contributed by atoms with van der Waals surface area (Å²) in [6, 6.07) is 25.0. The number of hydrogen-bond donors (Lipinski definition) is 3. The molecule has 1 aromatic heterocycles. The third kappa shape index (κ3) is 7.64. The molecule has 0 aliphatic heterocycles. The van der Waals surface area contributed by atoms with E-state index in [2.05, 4.69) is 16.0 Å². The fourth-order valence-corrected chi connectivity index (χ4v) is 4.92. The quantitative estimate of drug-likeness (QED) is 0.167. The SMILES string of the molecule is CC(Sc1cccc(NC(=O)/C(=C/c2cccs2)NC(=O)c2ccccc2)c1)C(=O)Nc1ccc(F)cc1. The van der Waals surface area contributed by atoms with E-state index in [1.807, 2.05) is 29.6 Å². The van der Waals surface area contributed by atoms with E-state index in [1.165, 1.54) is 47.4 Å². The van der Waals surface area contributed by atoms with E-state index in [9.17, 15) is 18.8 Å². The van der Waals surface area contributed by atoms with Crippen molar-refractivity contribution < 1.29 is 18.8 Å². The monoisotopic (exact) mass is 545 g/mol. The molecule has 1 heterocycles. The van der Waals surface area contributed by atoms with Crippen LogP contribution in [0.2, 0.25) is 0 Å². The summed E-state index contributed by atoms with van der Waals surface area (Å²) in [5.41, 5.74) is 1.56. The minimum absolute atomic E-state index is 0.103. The average Bonchev–Trinajstić information content (AvgIpc) is 3.43. The summed E-state index contributed by atoms with van der Waals surface area (Å²) in [7, 11) is 0. The van der Waals surface area contributed by atoms with Crippen LogP contribution in [0.1, 0.15) is 22.2 Å². The number of benzene rings is 3. The Morgan fingerprint density at radius 3 is 2.34 bits per heavy atom. The number of thiophene rings is 1. The molecule has 38 heavy (non-hydrogen) atoms. The van der Waals surface area contributed by atoms with Gasteiger partial charge in [-0.2, -0.15) is 0 Å². The van der Waals surface area contributed by atoms with Crippen LogP contribution in [-0.4, -0.2) is 23.0 Å². The minimum Gasteiger partial charge on any atom is -0.325 e. The molecule has 3 amide bonds.